The zero-order chi connectivity index (χ0) is 14.5. The minimum absolute atomic E-state index is 0.0978. The van der Waals surface area contributed by atoms with Crippen molar-refractivity contribution < 1.29 is 4.79 Å². The van der Waals surface area contributed by atoms with Crippen LogP contribution in [-0.4, -0.2) is 60.0 Å². The number of nitrogens with zero attached hydrogens (tertiary/aromatic N) is 3. The Morgan fingerprint density at radius 1 is 1.37 bits per heavy atom. The molecule has 0 aromatic carbocycles. The number of nitriles is 1. The molecule has 1 aliphatic rings. The molecular weight excluding hydrogens is 240 g/mol. The van der Waals surface area contributed by atoms with E-state index in [0.717, 1.165) is 32.6 Å². The summed E-state index contributed by atoms with van der Waals surface area (Å²) in [6.07, 6.45) is 0.918. The predicted octanol–water partition coefficient (Wildman–Crippen LogP) is 0.821. The minimum atomic E-state index is -0.145. The second kappa shape index (κ2) is 6.88. The lowest BCUT2D eigenvalue weighted by molar-refractivity contribution is -0.128. The summed E-state index contributed by atoms with van der Waals surface area (Å²) in [6.45, 7) is 12.0. The third-order valence-electron chi connectivity index (χ3n) is 3.97. The lowest BCUT2D eigenvalue weighted by Crippen LogP contribution is -2.56. The lowest BCUT2D eigenvalue weighted by Gasteiger charge is -2.37. The highest BCUT2D eigenvalue weighted by molar-refractivity contribution is 5.82. The summed E-state index contributed by atoms with van der Waals surface area (Å²) in [5, 5.41) is 11.8. The Morgan fingerprint density at radius 3 is 2.42 bits per heavy atom. The van der Waals surface area contributed by atoms with Gasteiger partial charge in [0, 0.05) is 31.7 Å². The van der Waals surface area contributed by atoms with Crippen LogP contribution >= 0.6 is 0 Å². The largest absolute Gasteiger partial charge is 0.350 e. The van der Waals surface area contributed by atoms with Gasteiger partial charge in [-0.05, 0) is 27.2 Å². The van der Waals surface area contributed by atoms with E-state index < -0.39 is 0 Å². The van der Waals surface area contributed by atoms with Gasteiger partial charge < -0.3 is 5.32 Å². The van der Waals surface area contributed by atoms with Crippen LogP contribution in [0.1, 0.15) is 34.1 Å². The summed E-state index contributed by atoms with van der Waals surface area (Å²) in [4.78, 5) is 16.5. The van der Waals surface area contributed by atoms with E-state index in [1.165, 1.54) is 0 Å². The van der Waals surface area contributed by atoms with E-state index >= 15 is 0 Å². The monoisotopic (exact) mass is 266 g/mol. The van der Waals surface area contributed by atoms with Crippen LogP contribution in [0.15, 0.2) is 0 Å². The van der Waals surface area contributed by atoms with E-state index in [0.29, 0.717) is 6.54 Å². The third kappa shape index (κ3) is 4.81. The Labute approximate surface area is 116 Å². The Morgan fingerprint density at radius 2 is 1.95 bits per heavy atom. The van der Waals surface area contributed by atoms with Crippen molar-refractivity contribution in [2.75, 3.05) is 32.7 Å². The van der Waals surface area contributed by atoms with E-state index in [-0.39, 0.29) is 17.5 Å². The quantitative estimate of drug-likeness (QED) is 0.749. The molecule has 0 aromatic heterocycles. The maximum atomic E-state index is 12.2. The molecule has 5 heteroatoms. The van der Waals surface area contributed by atoms with Crippen LogP contribution in [0.4, 0.5) is 0 Å². The number of rotatable bonds is 5. The van der Waals surface area contributed by atoms with Gasteiger partial charge in [-0.2, -0.15) is 5.26 Å². The number of carbonyl (C=O) groups is 1. The molecule has 0 spiro atoms. The first-order valence-corrected chi connectivity index (χ1v) is 7.05. The van der Waals surface area contributed by atoms with Gasteiger partial charge in [0.05, 0.1) is 18.7 Å². The van der Waals surface area contributed by atoms with Crippen LogP contribution < -0.4 is 5.32 Å². The molecule has 1 aliphatic heterocycles. The predicted molar refractivity (Wildman–Crippen MR) is 75.6 cm³/mol. The Bertz CT molecular complexity index is 340. The van der Waals surface area contributed by atoms with Crippen molar-refractivity contribution in [1.29, 1.82) is 5.26 Å². The number of amides is 1. The molecule has 1 rings (SSSR count). The average molecular weight is 266 g/mol. The van der Waals surface area contributed by atoms with Gasteiger partial charge in [0.2, 0.25) is 5.91 Å². The topological polar surface area (TPSA) is 59.4 Å². The molecule has 0 saturated carbocycles. The van der Waals surface area contributed by atoms with Gasteiger partial charge in [-0.15, -0.1) is 0 Å². The maximum absolute atomic E-state index is 12.2. The van der Waals surface area contributed by atoms with Crippen LogP contribution in [0, 0.1) is 11.3 Å². The highest BCUT2D eigenvalue weighted by Crippen LogP contribution is 2.10. The molecule has 108 valence electrons. The Kier molecular flexibility index (Phi) is 5.77. The van der Waals surface area contributed by atoms with E-state index in [4.69, 9.17) is 5.26 Å². The maximum Gasteiger partial charge on any atom is 0.237 e. The van der Waals surface area contributed by atoms with Crippen molar-refractivity contribution in [3.05, 3.63) is 0 Å². The van der Waals surface area contributed by atoms with Crippen molar-refractivity contribution in [1.82, 2.24) is 15.1 Å². The normalized spacial score (nSPS) is 19.7. The first-order valence-electron chi connectivity index (χ1n) is 7.05. The summed E-state index contributed by atoms with van der Waals surface area (Å²) in [5.74, 6) is 0.0978. The smallest absolute Gasteiger partial charge is 0.237 e. The number of hydrogen-bond donors (Lipinski definition) is 1. The SMILES string of the molecule is CCC(C)(C)NC(=O)C(C)N1CCN(CC#N)CC1. The van der Waals surface area contributed by atoms with Crippen LogP contribution in [0.25, 0.3) is 0 Å². The lowest BCUT2D eigenvalue weighted by atomic mass is 10.0. The summed E-state index contributed by atoms with van der Waals surface area (Å²) in [6, 6.07) is 2.07. The van der Waals surface area contributed by atoms with Crippen molar-refractivity contribution in [3.63, 3.8) is 0 Å². The van der Waals surface area contributed by atoms with Gasteiger partial charge in [-0.1, -0.05) is 6.92 Å². The van der Waals surface area contributed by atoms with Crippen LogP contribution in [0.3, 0.4) is 0 Å². The molecule has 0 radical (unpaired) electrons. The van der Waals surface area contributed by atoms with Crippen LogP contribution in [0.2, 0.25) is 0 Å². The molecule has 1 saturated heterocycles. The number of carbonyl (C=O) groups excluding carboxylic acids is 1. The summed E-state index contributed by atoms with van der Waals surface area (Å²) in [5.41, 5.74) is -0.145. The highest BCUT2D eigenvalue weighted by atomic mass is 16.2. The van der Waals surface area contributed by atoms with E-state index in [9.17, 15) is 4.79 Å². The first kappa shape index (κ1) is 15.9. The van der Waals surface area contributed by atoms with Gasteiger partial charge >= 0.3 is 0 Å². The van der Waals surface area contributed by atoms with E-state index in [1.54, 1.807) is 0 Å². The van der Waals surface area contributed by atoms with Crippen LogP contribution in [-0.2, 0) is 4.79 Å². The fourth-order valence-corrected chi connectivity index (χ4v) is 2.10. The van der Waals surface area contributed by atoms with Crippen molar-refractivity contribution >= 4 is 5.91 Å². The number of piperazine rings is 1. The molecule has 0 bridgehead atoms. The Balaban J connectivity index is 2.45. The van der Waals surface area contributed by atoms with Gasteiger partial charge in [-0.3, -0.25) is 14.6 Å². The molecule has 0 aromatic rings. The molecule has 1 amide bonds. The summed E-state index contributed by atoms with van der Waals surface area (Å²) in [7, 11) is 0. The minimum Gasteiger partial charge on any atom is -0.350 e. The second-order valence-corrected chi connectivity index (χ2v) is 5.87. The first-order chi connectivity index (χ1) is 8.89. The molecule has 0 aliphatic carbocycles. The van der Waals surface area contributed by atoms with E-state index in [1.807, 2.05) is 20.8 Å². The average Bonchev–Trinajstić information content (AvgIpc) is 2.38. The summed E-state index contributed by atoms with van der Waals surface area (Å²) < 4.78 is 0. The second-order valence-electron chi connectivity index (χ2n) is 5.87. The molecule has 1 fully saturated rings. The summed E-state index contributed by atoms with van der Waals surface area (Å²) >= 11 is 0. The molecule has 5 nitrogen and oxygen atoms in total. The van der Waals surface area contributed by atoms with Crippen molar-refractivity contribution in [2.24, 2.45) is 0 Å². The molecule has 19 heavy (non-hydrogen) atoms. The fraction of sp³-hybridized carbons (Fsp3) is 0.857. The molecule has 1 N–H and O–H groups in total. The van der Waals surface area contributed by atoms with Gasteiger partial charge in [0.15, 0.2) is 0 Å². The molecule has 1 unspecified atom stereocenters. The standard InChI is InChI=1S/C14H26N4O/c1-5-14(3,4)16-13(19)12(2)18-10-8-17(7-6-15)9-11-18/h12H,5,7-11H2,1-4H3,(H,16,19). The number of nitrogens with one attached hydrogen (secondary N) is 1. The molecular formula is C14H26N4O. The number of hydrogen-bond acceptors (Lipinski definition) is 4. The van der Waals surface area contributed by atoms with Crippen molar-refractivity contribution in [2.45, 2.75) is 45.7 Å². The van der Waals surface area contributed by atoms with Crippen molar-refractivity contribution in [3.8, 4) is 6.07 Å². The third-order valence-corrected chi connectivity index (χ3v) is 3.97. The molecule has 1 atom stereocenters. The van der Waals surface area contributed by atoms with Gasteiger partial charge in [-0.25, -0.2) is 0 Å². The Hall–Kier alpha value is -1.12. The fourth-order valence-electron chi connectivity index (χ4n) is 2.10. The highest BCUT2D eigenvalue weighted by Gasteiger charge is 2.28. The zero-order valence-electron chi connectivity index (χ0n) is 12.6. The van der Waals surface area contributed by atoms with Gasteiger partial charge in [0.1, 0.15) is 0 Å². The van der Waals surface area contributed by atoms with Gasteiger partial charge in [0.25, 0.3) is 0 Å². The van der Waals surface area contributed by atoms with Crippen LogP contribution in [0.5, 0.6) is 0 Å². The van der Waals surface area contributed by atoms with E-state index in [2.05, 4.69) is 28.1 Å². The zero-order valence-corrected chi connectivity index (χ0v) is 12.6. The molecule has 1 heterocycles.